The Morgan fingerprint density at radius 1 is 1.29 bits per heavy atom. The molecule has 1 N–H and O–H groups in total. The number of nitrogens with one attached hydrogen (secondary N) is 1. The van der Waals surface area contributed by atoms with Gasteiger partial charge in [-0.1, -0.05) is 12.1 Å². The number of anilines is 1. The monoisotopic (exact) mass is 347 g/mol. The van der Waals surface area contributed by atoms with Crippen molar-refractivity contribution in [1.82, 2.24) is 4.41 Å². The fourth-order valence-corrected chi connectivity index (χ4v) is 3.50. The molecular formula is C16H17N3O4S. The van der Waals surface area contributed by atoms with E-state index in [4.69, 9.17) is 4.42 Å². The number of furan rings is 1. The number of hydrogen-bond donors (Lipinski definition) is 1. The van der Waals surface area contributed by atoms with Gasteiger partial charge in [0.1, 0.15) is 11.8 Å². The van der Waals surface area contributed by atoms with Crippen LogP contribution in [0.4, 0.5) is 5.69 Å². The number of hydrogen-bond acceptors (Lipinski definition) is 5. The van der Waals surface area contributed by atoms with E-state index in [1.165, 1.54) is 13.2 Å². The maximum atomic E-state index is 12.0. The molecule has 1 aromatic heterocycles. The minimum absolute atomic E-state index is 0.151. The first-order chi connectivity index (χ1) is 11.3. The molecule has 0 saturated heterocycles. The van der Waals surface area contributed by atoms with Crippen molar-refractivity contribution < 1.29 is 17.6 Å². The molecule has 1 amide bonds. The van der Waals surface area contributed by atoms with Crippen LogP contribution in [-0.2, 0) is 14.8 Å². The maximum absolute atomic E-state index is 12.0. The second kappa shape index (κ2) is 6.12. The van der Waals surface area contributed by atoms with Crippen LogP contribution in [0, 0.1) is 0 Å². The largest absolute Gasteiger partial charge is 0.467 e. The summed E-state index contributed by atoms with van der Waals surface area (Å²) < 4.78 is 30.5. The Balaban J connectivity index is 1.90. The Morgan fingerprint density at radius 3 is 2.54 bits per heavy atom. The average molecular weight is 347 g/mol. The lowest BCUT2D eigenvalue weighted by molar-refractivity contribution is -0.114. The zero-order valence-electron chi connectivity index (χ0n) is 13.3. The molecule has 0 bridgehead atoms. The fourth-order valence-electron chi connectivity index (χ4n) is 2.61. The smallest absolute Gasteiger partial charge is 0.247 e. The van der Waals surface area contributed by atoms with Crippen LogP contribution in [0.3, 0.4) is 0 Å². The molecule has 1 atom stereocenters. The number of nitrogens with zero attached hydrogens (tertiary/aromatic N) is 2. The van der Waals surface area contributed by atoms with Crippen molar-refractivity contribution in [3.63, 3.8) is 0 Å². The van der Waals surface area contributed by atoms with Gasteiger partial charge in [-0.2, -0.15) is 9.52 Å². The highest BCUT2D eigenvalue weighted by Gasteiger charge is 2.36. The second-order valence-electron chi connectivity index (χ2n) is 5.58. The second-order valence-corrected chi connectivity index (χ2v) is 7.42. The number of rotatable bonds is 4. The average Bonchev–Trinajstić information content (AvgIpc) is 3.16. The summed E-state index contributed by atoms with van der Waals surface area (Å²) in [6, 6.07) is 10.1. The van der Waals surface area contributed by atoms with Crippen LogP contribution in [0.2, 0.25) is 0 Å². The normalized spacial score (nSPS) is 17.7. The summed E-state index contributed by atoms with van der Waals surface area (Å²) in [5.41, 5.74) is 2.12. The van der Waals surface area contributed by atoms with Gasteiger partial charge in [0.25, 0.3) is 0 Å². The third-order valence-electron chi connectivity index (χ3n) is 3.62. The molecule has 8 heteroatoms. The van der Waals surface area contributed by atoms with E-state index in [1.807, 2.05) is 0 Å². The van der Waals surface area contributed by atoms with Gasteiger partial charge in [-0.3, -0.25) is 4.79 Å². The molecule has 1 aliphatic heterocycles. The molecule has 0 aliphatic carbocycles. The molecule has 0 saturated carbocycles. The molecular weight excluding hydrogens is 330 g/mol. The van der Waals surface area contributed by atoms with E-state index in [1.54, 1.807) is 36.4 Å². The van der Waals surface area contributed by atoms with Gasteiger partial charge < -0.3 is 9.73 Å². The maximum Gasteiger partial charge on any atom is 0.247 e. The van der Waals surface area contributed by atoms with E-state index in [2.05, 4.69) is 10.4 Å². The van der Waals surface area contributed by atoms with Crippen LogP contribution < -0.4 is 5.32 Å². The summed E-state index contributed by atoms with van der Waals surface area (Å²) in [4.78, 5) is 11.1. The van der Waals surface area contributed by atoms with Crippen LogP contribution in [0.25, 0.3) is 0 Å². The van der Waals surface area contributed by atoms with Gasteiger partial charge in [-0.05, 0) is 29.8 Å². The quantitative estimate of drug-likeness (QED) is 0.919. The van der Waals surface area contributed by atoms with Gasteiger partial charge >= 0.3 is 0 Å². The highest BCUT2D eigenvalue weighted by molar-refractivity contribution is 7.88. The highest BCUT2D eigenvalue weighted by atomic mass is 32.2. The van der Waals surface area contributed by atoms with Crippen LogP contribution in [0.5, 0.6) is 0 Å². The Bertz CT molecular complexity index is 871. The molecule has 126 valence electrons. The van der Waals surface area contributed by atoms with E-state index in [9.17, 15) is 13.2 Å². The molecule has 2 heterocycles. The molecule has 0 fully saturated rings. The van der Waals surface area contributed by atoms with Crippen LogP contribution >= 0.6 is 0 Å². The van der Waals surface area contributed by atoms with Crippen molar-refractivity contribution in [3.05, 3.63) is 54.0 Å². The molecule has 24 heavy (non-hydrogen) atoms. The molecule has 0 radical (unpaired) electrons. The van der Waals surface area contributed by atoms with Crippen molar-refractivity contribution in [1.29, 1.82) is 0 Å². The molecule has 7 nitrogen and oxygen atoms in total. The minimum atomic E-state index is -3.51. The number of amides is 1. The Hall–Kier alpha value is -2.61. The van der Waals surface area contributed by atoms with Crippen molar-refractivity contribution >= 4 is 27.3 Å². The SMILES string of the molecule is CC(=O)Nc1ccc(C2=NN(S(C)(=O)=O)C(c3ccco3)C2)cc1. The lowest BCUT2D eigenvalue weighted by Gasteiger charge is -2.18. The zero-order valence-corrected chi connectivity index (χ0v) is 14.1. The minimum Gasteiger partial charge on any atom is -0.467 e. The van der Waals surface area contributed by atoms with Crippen molar-refractivity contribution in [2.24, 2.45) is 5.10 Å². The van der Waals surface area contributed by atoms with Crippen molar-refractivity contribution in [3.8, 4) is 0 Å². The predicted molar refractivity (Wildman–Crippen MR) is 90.0 cm³/mol. The molecule has 1 aliphatic rings. The first-order valence-corrected chi connectivity index (χ1v) is 9.18. The standard InChI is InChI=1S/C16H17N3O4S/c1-11(20)17-13-7-5-12(6-8-13)14-10-15(16-4-3-9-23-16)19(18-14)24(2,21)22/h3-9,15H,10H2,1-2H3,(H,17,20). The van der Waals surface area contributed by atoms with Crippen LogP contribution in [0.1, 0.15) is 30.7 Å². The third kappa shape index (κ3) is 3.33. The summed E-state index contributed by atoms with van der Waals surface area (Å²) in [7, 11) is -3.51. The Labute approximate surface area is 140 Å². The van der Waals surface area contributed by atoms with E-state index in [0.29, 0.717) is 23.6 Å². The van der Waals surface area contributed by atoms with E-state index < -0.39 is 16.1 Å². The van der Waals surface area contributed by atoms with E-state index >= 15 is 0 Å². The summed E-state index contributed by atoms with van der Waals surface area (Å²) in [6.07, 6.45) is 3.05. The lowest BCUT2D eigenvalue weighted by Crippen LogP contribution is -2.25. The van der Waals surface area contributed by atoms with Crippen LogP contribution in [0.15, 0.2) is 52.2 Å². The van der Waals surface area contributed by atoms with Crippen molar-refractivity contribution in [2.45, 2.75) is 19.4 Å². The summed E-state index contributed by atoms with van der Waals surface area (Å²) in [6.45, 7) is 1.44. The van der Waals surface area contributed by atoms with E-state index in [-0.39, 0.29) is 5.91 Å². The highest BCUT2D eigenvalue weighted by Crippen LogP contribution is 2.34. The van der Waals surface area contributed by atoms with Gasteiger partial charge in [0.2, 0.25) is 15.9 Å². The molecule has 2 aromatic rings. The lowest BCUT2D eigenvalue weighted by atomic mass is 10.0. The van der Waals surface area contributed by atoms with Gasteiger partial charge in [0.05, 0.1) is 18.2 Å². The van der Waals surface area contributed by atoms with Gasteiger partial charge in [0.15, 0.2) is 0 Å². The first kappa shape index (κ1) is 16.3. The van der Waals surface area contributed by atoms with Crippen molar-refractivity contribution in [2.75, 3.05) is 11.6 Å². The Kier molecular flexibility index (Phi) is 4.15. The molecule has 3 rings (SSSR count). The Morgan fingerprint density at radius 2 is 2.00 bits per heavy atom. The first-order valence-electron chi connectivity index (χ1n) is 7.33. The molecule has 0 spiro atoms. The summed E-state index contributed by atoms with van der Waals surface area (Å²) in [5, 5.41) is 6.96. The number of carbonyl (C=O) groups is 1. The number of benzene rings is 1. The zero-order chi connectivity index (χ0) is 17.3. The third-order valence-corrected chi connectivity index (χ3v) is 4.64. The fraction of sp³-hybridized carbons (Fsp3) is 0.250. The topological polar surface area (TPSA) is 92.0 Å². The number of carbonyl (C=O) groups excluding carboxylic acids is 1. The molecule has 1 unspecified atom stereocenters. The summed E-state index contributed by atoms with van der Waals surface area (Å²) >= 11 is 0. The van der Waals surface area contributed by atoms with Gasteiger partial charge in [-0.25, -0.2) is 8.42 Å². The molecule has 1 aromatic carbocycles. The van der Waals surface area contributed by atoms with Gasteiger partial charge in [0, 0.05) is 19.0 Å². The van der Waals surface area contributed by atoms with E-state index in [0.717, 1.165) is 16.2 Å². The van der Waals surface area contributed by atoms with Crippen LogP contribution in [-0.4, -0.2) is 30.7 Å². The van der Waals surface area contributed by atoms with Gasteiger partial charge in [-0.15, -0.1) is 0 Å². The number of hydrazone groups is 1. The predicted octanol–water partition coefficient (Wildman–Crippen LogP) is 2.35. The summed E-state index contributed by atoms with van der Waals surface area (Å²) in [5.74, 6) is 0.399. The number of sulfonamides is 1.